The van der Waals surface area contributed by atoms with Gasteiger partial charge in [-0.05, 0) is 31.2 Å². The van der Waals surface area contributed by atoms with Crippen LogP contribution in [0.3, 0.4) is 0 Å². The summed E-state index contributed by atoms with van der Waals surface area (Å²) in [4.78, 5) is 29.3. The average Bonchev–Trinajstić information content (AvgIpc) is 2.55. The number of amides is 3. The first-order valence-electron chi connectivity index (χ1n) is 7.59. The molecule has 1 fully saturated rings. The fourth-order valence-corrected chi connectivity index (χ4v) is 2.44. The Labute approximate surface area is 136 Å². The van der Waals surface area contributed by atoms with Crippen LogP contribution >= 0.6 is 0 Å². The maximum atomic E-state index is 12.4. The van der Waals surface area contributed by atoms with E-state index in [1.807, 2.05) is 0 Å². The number of carbonyl (C=O) groups excluding carboxylic acids is 2. The van der Waals surface area contributed by atoms with Crippen molar-refractivity contribution in [1.29, 1.82) is 0 Å². The summed E-state index contributed by atoms with van der Waals surface area (Å²) >= 11 is 0. The lowest BCUT2D eigenvalue weighted by Crippen LogP contribution is -2.54. The minimum absolute atomic E-state index is 0.0366. The molecule has 23 heavy (non-hydrogen) atoms. The molecular weight excluding hydrogens is 298 g/mol. The number of aromatic hydroxyl groups is 1. The minimum Gasteiger partial charge on any atom is -0.508 e. The fraction of sp³-hybridized carbons (Fsp3) is 0.500. The number of rotatable bonds is 3. The highest BCUT2D eigenvalue weighted by atomic mass is 16.5. The topological polar surface area (TPSA) is 73.3 Å². The third kappa shape index (κ3) is 4.28. The molecule has 1 aliphatic rings. The monoisotopic (exact) mass is 321 g/mol. The largest absolute Gasteiger partial charge is 0.508 e. The molecule has 1 saturated heterocycles. The highest BCUT2D eigenvalue weighted by Crippen LogP contribution is 2.18. The number of nitrogens with zero attached hydrogens (tertiary/aromatic N) is 3. The Morgan fingerprint density at radius 1 is 1.09 bits per heavy atom. The number of hydrogen-bond acceptors (Lipinski definition) is 4. The van der Waals surface area contributed by atoms with Crippen LogP contribution in [-0.2, 0) is 4.79 Å². The third-order valence-corrected chi connectivity index (χ3v) is 3.74. The second kappa shape index (κ2) is 7.21. The molecule has 1 atom stereocenters. The Morgan fingerprint density at radius 2 is 1.61 bits per heavy atom. The normalized spacial score (nSPS) is 16.0. The van der Waals surface area contributed by atoms with Gasteiger partial charge in [0.1, 0.15) is 11.5 Å². The molecule has 0 spiro atoms. The lowest BCUT2D eigenvalue weighted by Gasteiger charge is -2.36. The van der Waals surface area contributed by atoms with E-state index in [0.717, 1.165) is 0 Å². The van der Waals surface area contributed by atoms with Crippen molar-refractivity contribution in [3.63, 3.8) is 0 Å². The van der Waals surface area contributed by atoms with Crippen molar-refractivity contribution in [2.45, 2.75) is 13.0 Å². The minimum atomic E-state index is -0.615. The second-order valence-electron chi connectivity index (χ2n) is 5.74. The standard InChI is InChI=1S/C16H23N3O4/c1-12(23-14-6-4-13(20)5-7-14)15(21)18-8-10-19(11-9-18)16(22)17(2)3/h4-7,12,20H,8-11H2,1-3H3. The summed E-state index contributed by atoms with van der Waals surface area (Å²) in [7, 11) is 3.43. The van der Waals surface area contributed by atoms with Gasteiger partial charge in [-0.3, -0.25) is 4.79 Å². The van der Waals surface area contributed by atoms with Gasteiger partial charge in [0.25, 0.3) is 5.91 Å². The van der Waals surface area contributed by atoms with Gasteiger partial charge in [0.15, 0.2) is 6.10 Å². The SMILES string of the molecule is CC(Oc1ccc(O)cc1)C(=O)N1CCN(C(=O)N(C)C)CC1. The van der Waals surface area contributed by atoms with Crippen molar-refractivity contribution in [2.24, 2.45) is 0 Å². The molecule has 1 heterocycles. The molecule has 1 N–H and O–H groups in total. The van der Waals surface area contributed by atoms with E-state index in [1.54, 1.807) is 43.0 Å². The van der Waals surface area contributed by atoms with Crippen LogP contribution in [0, 0.1) is 0 Å². The van der Waals surface area contributed by atoms with Gasteiger partial charge < -0.3 is 24.5 Å². The van der Waals surface area contributed by atoms with Crippen LogP contribution in [0.4, 0.5) is 4.79 Å². The maximum Gasteiger partial charge on any atom is 0.319 e. The molecule has 0 aromatic heterocycles. The molecule has 7 nitrogen and oxygen atoms in total. The highest BCUT2D eigenvalue weighted by molar-refractivity contribution is 5.81. The van der Waals surface area contributed by atoms with Crippen LogP contribution < -0.4 is 4.74 Å². The molecule has 2 rings (SSSR count). The summed E-state index contributed by atoms with van der Waals surface area (Å²) in [5, 5.41) is 9.25. The van der Waals surface area contributed by atoms with Gasteiger partial charge >= 0.3 is 6.03 Å². The Balaban J connectivity index is 1.86. The summed E-state index contributed by atoms with van der Waals surface area (Å²) in [6, 6.07) is 6.22. The number of phenolic OH excluding ortho intramolecular Hbond substituents is 1. The summed E-state index contributed by atoms with van der Waals surface area (Å²) in [5.41, 5.74) is 0. The first kappa shape index (κ1) is 16.9. The third-order valence-electron chi connectivity index (χ3n) is 3.74. The first-order valence-corrected chi connectivity index (χ1v) is 7.59. The molecule has 0 bridgehead atoms. The van der Waals surface area contributed by atoms with Crippen LogP contribution in [0.25, 0.3) is 0 Å². The Kier molecular flexibility index (Phi) is 5.31. The van der Waals surface area contributed by atoms with Crippen LogP contribution in [0.2, 0.25) is 0 Å². The van der Waals surface area contributed by atoms with Gasteiger partial charge in [-0.2, -0.15) is 0 Å². The summed E-state index contributed by atoms with van der Waals surface area (Å²) < 4.78 is 5.61. The zero-order valence-corrected chi connectivity index (χ0v) is 13.7. The van der Waals surface area contributed by atoms with Gasteiger partial charge in [0.05, 0.1) is 0 Å². The van der Waals surface area contributed by atoms with Crippen LogP contribution in [0.15, 0.2) is 24.3 Å². The molecule has 1 aliphatic heterocycles. The van der Waals surface area contributed by atoms with E-state index in [9.17, 15) is 14.7 Å². The Bertz CT molecular complexity index is 551. The number of hydrogen-bond donors (Lipinski definition) is 1. The van der Waals surface area contributed by atoms with E-state index < -0.39 is 6.10 Å². The lowest BCUT2D eigenvalue weighted by atomic mass is 10.2. The summed E-state index contributed by atoms with van der Waals surface area (Å²) in [6.45, 7) is 3.75. The molecule has 7 heteroatoms. The van der Waals surface area contributed by atoms with Crippen molar-refractivity contribution in [3.05, 3.63) is 24.3 Å². The molecule has 0 saturated carbocycles. The van der Waals surface area contributed by atoms with Gasteiger partial charge in [-0.15, -0.1) is 0 Å². The van der Waals surface area contributed by atoms with E-state index in [-0.39, 0.29) is 17.7 Å². The van der Waals surface area contributed by atoms with Crippen LogP contribution in [0.1, 0.15) is 6.92 Å². The van der Waals surface area contributed by atoms with Crippen molar-refractivity contribution in [2.75, 3.05) is 40.3 Å². The van der Waals surface area contributed by atoms with E-state index in [1.165, 1.54) is 17.0 Å². The molecule has 1 aromatic carbocycles. The Hall–Kier alpha value is -2.44. The zero-order chi connectivity index (χ0) is 17.0. The molecule has 1 aromatic rings. The zero-order valence-electron chi connectivity index (χ0n) is 13.7. The van der Waals surface area contributed by atoms with Gasteiger partial charge in [0.2, 0.25) is 0 Å². The number of phenols is 1. The number of carbonyl (C=O) groups is 2. The molecule has 0 aliphatic carbocycles. The number of ether oxygens (including phenoxy) is 1. The van der Waals surface area contributed by atoms with E-state index in [0.29, 0.717) is 31.9 Å². The summed E-state index contributed by atoms with van der Waals surface area (Å²) in [6.07, 6.45) is -0.615. The Morgan fingerprint density at radius 3 is 2.13 bits per heavy atom. The van der Waals surface area contributed by atoms with Crippen molar-refractivity contribution in [3.8, 4) is 11.5 Å². The molecule has 126 valence electrons. The van der Waals surface area contributed by atoms with Gasteiger partial charge in [-0.1, -0.05) is 0 Å². The average molecular weight is 321 g/mol. The van der Waals surface area contributed by atoms with Crippen LogP contribution in [-0.4, -0.2) is 78.1 Å². The van der Waals surface area contributed by atoms with Crippen molar-refractivity contribution in [1.82, 2.24) is 14.7 Å². The highest BCUT2D eigenvalue weighted by Gasteiger charge is 2.28. The number of urea groups is 1. The number of benzene rings is 1. The lowest BCUT2D eigenvalue weighted by molar-refractivity contribution is -0.139. The van der Waals surface area contributed by atoms with Gasteiger partial charge in [-0.25, -0.2) is 4.79 Å². The number of piperazine rings is 1. The smallest absolute Gasteiger partial charge is 0.319 e. The second-order valence-corrected chi connectivity index (χ2v) is 5.74. The summed E-state index contributed by atoms with van der Waals surface area (Å²) in [5.74, 6) is 0.582. The van der Waals surface area contributed by atoms with E-state index >= 15 is 0 Å². The van der Waals surface area contributed by atoms with Gasteiger partial charge in [0, 0.05) is 40.3 Å². The molecule has 3 amide bonds. The molecular formula is C16H23N3O4. The van der Waals surface area contributed by atoms with Crippen molar-refractivity contribution >= 4 is 11.9 Å². The van der Waals surface area contributed by atoms with E-state index in [4.69, 9.17) is 4.74 Å². The van der Waals surface area contributed by atoms with Crippen molar-refractivity contribution < 1.29 is 19.4 Å². The predicted molar refractivity (Wildman–Crippen MR) is 85.4 cm³/mol. The predicted octanol–water partition coefficient (Wildman–Crippen LogP) is 0.985. The first-order chi connectivity index (χ1) is 10.9. The molecule has 1 unspecified atom stereocenters. The quantitative estimate of drug-likeness (QED) is 0.901. The molecule has 0 radical (unpaired) electrons. The maximum absolute atomic E-state index is 12.4. The van der Waals surface area contributed by atoms with E-state index in [2.05, 4.69) is 0 Å². The fourth-order valence-electron chi connectivity index (χ4n) is 2.44. The van der Waals surface area contributed by atoms with Crippen LogP contribution in [0.5, 0.6) is 11.5 Å².